The van der Waals surface area contributed by atoms with E-state index < -0.39 is 0 Å². The van der Waals surface area contributed by atoms with E-state index in [4.69, 9.17) is 0 Å². The fourth-order valence-electron chi connectivity index (χ4n) is 0.821. The van der Waals surface area contributed by atoms with Gasteiger partial charge in [0.1, 0.15) is 0 Å². The molecule has 0 fully saturated rings. The maximum atomic E-state index is 10.7. The summed E-state index contributed by atoms with van der Waals surface area (Å²) in [6.07, 6.45) is 2.56. The molecule has 84 valence electrons. The van der Waals surface area contributed by atoms with Crippen molar-refractivity contribution in [3.8, 4) is 0 Å². The van der Waals surface area contributed by atoms with Crippen LogP contribution < -0.4 is 10.6 Å². The Kier molecular flexibility index (Phi) is 13.1. The van der Waals surface area contributed by atoms with E-state index in [9.17, 15) is 9.59 Å². The van der Waals surface area contributed by atoms with E-state index in [1.165, 1.54) is 0 Å². The fraction of sp³-hybridized carbons (Fsp3) is 0.800. The number of rotatable bonds is 5. The molecular formula is C10H22N2O2. The van der Waals surface area contributed by atoms with Gasteiger partial charge in [-0.3, -0.25) is 9.59 Å². The normalized spacial score (nSPS) is 8.29. The van der Waals surface area contributed by atoms with Crippen LogP contribution in [0, 0.1) is 0 Å². The van der Waals surface area contributed by atoms with Crippen LogP contribution in [0.25, 0.3) is 0 Å². The van der Waals surface area contributed by atoms with E-state index in [2.05, 4.69) is 10.6 Å². The summed E-state index contributed by atoms with van der Waals surface area (Å²) in [5, 5.41) is 5.06. The highest BCUT2D eigenvalue weighted by atomic mass is 16.2. The van der Waals surface area contributed by atoms with Crippen LogP contribution in [0.5, 0.6) is 0 Å². The second-order valence-corrected chi connectivity index (χ2v) is 2.55. The van der Waals surface area contributed by atoms with Gasteiger partial charge in [0.15, 0.2) is 0 Å². The maximum Gasteiger partial charge on any atom is 0.219 e. The Morgan fingerprint density at radius 3 is 1.36 bits per heavy atom. The molecule has 0 aromatic rings. The lowest BCUT2D eigenvalue weighted by atomic mass is 10.2. The lowest BCUT2D eigenvalue weighted by Crippen LogP contribution is -2.19. The lowest BCUT2D eigenvalue weighted by molar-refractivity contribution is -0.122. The number of carbonyl (C=O) groups is 2. The highest BCUT2D eigenvalue weighted by Gasteiger charge is 2.00. The third-order valence-electron chi connectivity index (χ3n) is 1.62. The van der Waals surface area contributed by atoms with Gasteiger partial charge in [-0.25, -0.2) is 0 Å². The van der Waals surface area contributed by atoms with E-state index in [1.54, 1.807) is 14.1 Å². The summed E-state index contributed by atoms with van der Waals surface area (Å²) in [7, 11) is 3.22. The van der Waals surface area contributed by atoms with Crippen LogP contribution in [-0.2, 0) is 9.59 Å². The molecule has 0 aliphatic heterocycles. The molecule has 0 spiro atoms. The Balaban J connectivity index is 0. The molecule has 0 saturated heterocycles. The Hall–Kier alpha value is -1.06. The molecule has 0 atom stereocenters. The van der Waals surface area contributed by atoms with Gasteiger partial charge in [0.2, 0.25) is 11.8 Å². The molecule has 0 bridgehead atoms. The smallest absolute Gasteiger partial charge is 0.219 e. The zero-order chi connectivity index (χ0) is 11.4. The van der Waals surface area contributed by atoms with Crippen molar-refractivity contribution in [1.29, 1.82) is 0 Å². The standard InChI is InChI=1S/C8H16N2O2.C2H6/c1-9-7(11)5-3-4-6-8(12)10-2;1-2/h3-6H2,1-2H3,(H,9,11)(H,10,12);1-2H3. The lowest BCUT2D eigenvalue weighted by Gasteiger charge is -1.99. The number of unbranched alkanes of at least 4 members (excludes halogenated alkanes) is 1. The Morgan fingerprint density at radius 1 is 0.857 bits per heavy atom. The monoisotopic (exact) mass is 202 g/mol. The molecule has 0 unspecified atom stereocenters. The van der Waals surface area contributed by atoms with Crippen molar-refractivity contribution in [1.82, 2.24) is 10.6 Å². The number of amides is 2. The van der Waals surface area contributed by atoms with Crippen LogP contribution in [0.3, 0.4) is 0 Å². The number of hydrogen-bond acceptors (Lipinski definition) is 2. The summed E-state index contributed by atoms with van der Waals surface area (Å²) in [5.41, 5.74) is 0. The van der Waals surface area contributed by atoms with E-state index in [0.717, 1.165) is 12.8 Å². The second kappa shape index (κ2) is 11.9. The molecule has 0 heterocycles. The van der Waals surface area contributed by atoms with Gasteiger partial charge in [0.25, 0.3) is 0 Å². The number of hydrogen-bond donors (Lipinski definition) is 2. The maximum absolute atomic E-state index is 10.7. The third kappa shape index (κ3) is 10.9. The molecule has 0 rings (SSSR count). The highest BCUT2D eigenvalue weighted by molar-refractivity contribution is 5.76. The Bertz CT molecular complexity index is 140. The first-order valence-corrected chi connectivity index (χ1v) is 5.12. The van der Waals surface area contributed by atoms with E-state index in [0.29, 0.717) is 12.8 Å². The first kappa shape index (κ1) is 15.4. The highest BCUT2D eigenvalue weighted by Crippen LogP contribution is 1.98. The van der Waals surface area contributed by atoms with E-state index in [1.807, 2.05) is 13.8 Å². The largest absolute Gasteiger partial charge is 0.359 e. The van der Waals surface area contributed by atoms with Gasteiger partial charge in [-0.2, -0.15) is 0 Å². The van der Waals surface area contributed by atoms with Gasteiger partial charge in [-0.1, -0.05) is 13.8 Å². The van der Waals surface area contributed by atoms with Crippen molar-refractivity contribution in [2.75, 3.05) is 14.1 Å². The molecular weight excluding hydrogens is 180 g/mol. The number of nitrogens with one attached hydrogen (secondary N) is 2. The fourth-order valence-corrected chi connectivity index (χ4v) is 0.821. The van der Waals surface area contributed by atoms with Gasteiger partial charge in [-0.15, -0.1) is 0 Å². The molecule has 4 heteroatoms. The van der Waals surface area contributed by atoms with E-state index >= 15 is 0 Å². The SMILES string of the molecule is CC.CNC(=O)CCCCC(=O)NC. The summed E-state index contributed by atoms with van der Waals surface area (Å²) in [6.45, 7) is 4.00. The quantitative estimate of drug-likeness (QED) is 0.655. The Morgan fingerprint density at radius 2 is 1.14 bits per heavy atom. The van der Waals surface area contributed by atoms with Crippen molar-refractivity contribution in [2.24, 2.45) is 0 Å². The van der Waals surface area contributed by atoms with Crippen molar-refractivity contribution in [2.45, 2.75) is 39.5 Å². The zero-order valence-electron chi connectivity index (χ0n) is 9.64. The minimum Gasteiger partial charge on any atom is -0.359 e. The minimum atomic E-state index is 0.0342. The van der Waals surface area contributed by atoms with Gasteiger partial charge in [-0.05, 0) is 12.8 Å². The molecule has 0 aromatic carbocycles. The van der Waals surface area contributed by atoms with Crippen LogP contribution in [-0.4, -0.2) is 25.9 Å². The van der Waals surface area contributed by atoms with Crippen LogP contribution in [0.4, 0.5) is 0 Å². The molecule has 4 nitrogen and oxygen atoms in total. The minimum absolute atomic E-state index is 0.0342. The average Bonchev–Trinajstić information content (AvgIpc) is 2.26. The predicted octanol–water partition coefficient (Wildman–Crippen LogP) is 1.06. The molecule has 0 saturated carbocycles. The topological polar surface area (TPSA) is 58.2 Å². The van der Waals surface area contributed by atoms with Crippen molar-refractivity contribution in [3.05, 3.63) is 0 Å². The van der Waals surface area contributed by atoms with Crippen LogP contribution >= 0.6 is 0 Å². The molecule has 14 heavy (non-hydrogen) atoms. The van der Waals surface area contributed by atoms with Gasteiger partial charge in [0, 0.05) is 26.9 Å². The molecule has 2 N–H and O–H groups in total. The second-order valence-electron chi connectivity index (χ2n) is 2.55. The first-order chi connectivity index (χ1) is 6.70. The summed E-state index contributed by atoms with van der Waals surface area (Å²) in [6, 6.07) is 0. The van der Waals surface area contributed by atoms with Crippen molar-refractivity contribution < 1.29 is 9.59 Å². The molecule has 0 aliphatic rings. The third-order valence-corrected chi connectivity index (χ3v) is 1.62. The first-order valence-electron chi connectivity index (χ1n) is 5.12. The molecule has 0 aliphatic carbocycles. The van der Waals surface area contributed by atoms with Crippen LogP contribution in [0.2, 0.25) is 0 Å². The summed E-state index contributed by atoms with van der Waals surface area (Å²) >= 11 is 0. The molecule has 0 aromatic heterocycles. The van der Waals surface area contributed by atoms with Crippen molar-refractivity contribution in [3.63, 3.8) is 0 Å². The Labute approximate surface area is 86.5 Å². The molecule has 2 amide bonds. The summed E-state index contributed by atoms with van der Waals surface area (Å²) in [4.78, 5) is 21.4. The van der Waals surface area contributed by atoms with Crippen LogP contribution in [0.1, 0.15) is 39.5 Å². The predicted molar refractivity (Wildman–Crippen MR) is 57.9 cm³/mol. The summed E-state index contributed by atoms with van der Waals surface area (Å²) in [5.74, 6) is 0.0683. The average molecular weight is 202 g/mol. The van der Waals surface area contributed by atoms with Crippen molar-refractivity contribution >= 4 is 11.8 Å². The zero-order valence-corrected chi connectivity index (χ0v) is 9.64. The van der Waals surface area contributed by atoms with Gasteiger partial charge < -0.3 is 10.6 Å². The van der Waals surface area contributed by atoms with E-state index in [-0.39, 0.29) is 11.8 Å². The summed E-state index contributed by atoms with van der Waals surface area (Å²) < 4.78 is 0. The number of carbonyl (C=O) groups excluding carboxylic acids is 2. The molecule has 0 radical (unpaired) electrons. The van der Waals surface area contributed by atoms with Crippen LogP contribution in [0.15, 0.2) is 0 Å². The van der Waals surface area contributed by atoms with Gasteiger partial charge >= 0.3 is 0 Å². The van der Waals surface area contributed by atoms with Gasteiger partial charge in [0.05, 0.1) is 0 Å².